The molecule has 0 aromatic heterocycles. The summed E-state index contributed by atoms with van der Waals surface area (Å²) in [6.07, 6.45) is -0.512. The topological polar surface area (TPSA) is 67.8 Å². The molecular formula is C13H17ClN2O3. The summed E-state index contributed by atoms with van der Waals surface area (Å²) in [5.41, 5.74) is 0.922. The Labute approximate surface area is 117 Å². The van der Waals surface area contributed by atoms with Crippen molar-refractivity contribution in [1.82, 2.24) is 5.32 Å². The summed E-state index contributed by atoms with van der Waals surface area (Å²) in [7, 11) is 0. The smallest absolute Gasteiger partial charge is 0.407 e. The Morgan fingerprint density at radius 3 is 2.68 bits per heavy atom. The summed E-state index contributed by atoms with van der Waals surface area (Å²) in [6.45, 7) is 5.68. The molecule has 0 unspecified atom stereocenters. The molecule has 0 radical (unpaired) electrons. The predicted molar refractivity (Wildman–Crippen MR) is 74.0 cm³/mol. The van der Waals surface area contributed by atoms with Crippen LogP contribution in [0.15, 0.2) is 23.4 Å². The molecule has 6 heteroatoms. The van der Waals surface area contributed by atoms with E-state index in [4.69, 9.17) is 16.3 Å². The lowest BCUT2D eigenvalue weighted by atomic mass is 10.1. The van der Waals surface area contributed by atoms with Crippen molar-refractivity contribution in [3.63, 3.8) is 0 Å². The number of hydrogen-bond acceptors (Lipinski definition) is 4. The third kappa shape index (κ3) is 5.70. The zero-order chi connectivity index (χ0) is 14.5. The number of nitrogens with one attached hydrogen (secondary N) is 1. The Balaban J connectivity index is 2.64. The van der Waals surface area contributed by atoms with E-state index in [1.165, 1.54) is 0 Å². The van der Waals surface area contributed by atoms with E-state index in [0.29, 0.717) is 10.6 Å². The number of alkyl carbamates (subject to hydrolysis) is 1. The number of carbonyl (C=O) groups is 1. The second-order valence-electron chi connectivity index (χ2n) is 5.07. The minimum Gasteiger partial charge on any atom is -0.444 e. The van der Waals surface area contributed by atoms with Crippen molar-refractivity contribution in [2.45, 2.75) is 39.5 Å². The lowest BCUT2D eigenvalue weighted by Crippen LogP contribution is -2.32. The first kappa shape index (κ1) is 15.4. The fourth-order valence-electron chi connectivity index (χ4n) is 1.42. The molecule has 1 aromatic carbocycles. The number of nitroso groups, excluding NO2 is 1. The quantitative estimate of drug-likeness (QED) is 0.859. The van der Waals surface area contributed by atoms with E-state index in [0.717, 1.165) is 5.56 Å². The molecule has 0 aliphatic rings. The Morgan fingerprint density at radius 1 is 1.42 bits per heavy atom. The lowest BCUT2D eigenvalue weighted by molar-refractivity contribution is 0.0523. The molecule has 1 rings (SSSR count). The summed E-state index contributed by atoms with van der Waals surface area (Å²) in [5, 5.41) is 5.95. The summed E-state index contributed by atoms with van der Waals surface area (Å²) < 4.78 is 5.12. The van der Waals surface area contributed by atoms with E-state index in [1.807, 2.05) is 0 Å². The molecule has 0 fully saturated rings. The highest BCUT2D eigenvalue weighted by Gasteiger charge is 2.16. The summed E-state index contributed by atoms with van der Waals surface area (Å²) in [5.74, 6) is 0. The number of rotatable bonds is 4. The molecule has 0 saturated carbocycles. The van der Waals surface area contributed by atoms with Gasteiger partial charge in [-0.2, -0.15) is 4.91 Å². The van der Waals surface area contributed by atoms with Gasteiger partial charge in [-0.25, -0.2) is 4.79 Å². The molecule has 1 aromatic rings. The highest BCUT2D eigenvalue weighted by atomic mass is 35.5. The van der Waals surface area contributed by atoms with Gasteiger partial charge >= 0.3 is 6.09 Å². The molecule has 0 spiro atoms. The number of hydrogen-bond donors (Lipinski definition) is 1. The number of ether oxygens (including phenoxy) is 1. The van der Waals surface area contributed by atoms with E-state index in [-0.39, 0.29) is 13.1 Å². The maximum atomic E-state index is 11.5. The number of nitrogens with zero attached hydrogens (tertiary/aromatic N) is 1. The van der Waals surface area contributed by atoms with Gasteiger partial charge in [-0.05, 0) is 38.0 Å². The largest absolute Gasteiger partial charge is 0.444 e. The average molecular weight is 285 g/mol. The summed E-state index contributed by atoms with van der Waals surface area (Å²) in [6, 6.07) is 5.13. The van der Waals surface area contributed by atoms with Gasteiger partial charge in [0.2, 0.25) is 0 Å². The Hall–Kier alpha value is -1.62. The summed E-state index contributed by atoms with van der Waals surface area (Å²) >= 11 is 6.01. The van der Waals surface area contributed by atoms with Gasteiger partial charge in [-0.15, -0.1) is 0 Å². The fourth-order valence-corrected chi connectivity index (χ4v) is 1.60. The molecule has 0 atom stereocenters. The highest BCUT2D eigenvalue weighted by Crippen LogP contribution is 2.18. The minimum atomic E-state index is -0.544. The fraction of sp³-hybridized carbons (Fsp3) is 0.462. The van der Waals surface area contributed by atoms with Gasteiger partial charge in [0, 0.05) is 11.6 Å². The van der Waals surface area contributed by atoms with Gasteiger partial charge in [-0.1, -0.05) is 28.9 Å². The maximum Gasteiger partial charge on any atom is 0.407 e. The molecule has 0 aliphatic heterocycles. The molecule has 0 saturated heterocycles. The van der Waals surface area contributed by atoms with Crippen molar-refractivity contribution in [3.8, 4) is 0 Å². The van der Waals surface area contributed by atoms with Gasteiger partial charge in [-0.3, -0.25) is 0 Å². The van der Waals surface area contributed by atoms with Crippen LogP contribution >= 0.6 is 11.6 Å². The third-order valence-corrected chi connectivity index (χ3v) is 2.55. The highest BCUT2D eigenvalue weighted by molar-refractivity contribution is 6.31. The van der Waals surface area contributed by atoms with Gasteiger partial charge in [0.15, 0.2) is 0 Å². The number of amides is 1. The second-order valence-corrected chi connectivity index (χ2v) is 5.48. The molecule has 5 nitrogen and oxygen atoms in total. The molecule has 19 heavy (non-hydrogen) atoms. The zero-order valence-electron chi connectivity index (χ0n) is 11.2. The number of carbonyl (C=O) groups excluding carboxylic acids is 1. The zero-order valence-corrected chi connectivity index (χ0v) is 12.0. The van der Waals surface area contributed by atoms with E-state index < -0.39 is 11.7 Å². The van der Waals surface area contributed by atoms with Crippen LogP contribution in [0.1, 0.15) is 31.9 Å². The van der Waals surface area contributed by atoms with Crippen LogP contribution in [0.5, 0.6) is 0 Å². The SMILES string of the molecule is CC(C)(C)OC(=O)NCc1cc(CN=O)ccc1Cl. The first-order valence-electron chi connectivity index (χ1n) is 5.85. The average Bonchev–Trinajstić information content (AvgIpc) is 2.28. The molecule has 104 valence electrons. The van der Waals surface area contributed by atoms with E-state index in [1.54, 1.807) is 39.0 Å². The van der Waals surface area contributed by atoms with Crippen molar-refractivity contribution in [2.75, 3.05) is 0 Å². The summed E-state index contributed by atoms with van der Waals surface area (Å²) in [4.78, 5) is 21.7. The second kappa shape index (κ2) is 6.52. The van der Waals surface area contributed by atoms with E-state index in [2.05, 4.69) is 10.5 Å². The normalized spacial score (nSPS) is 10.9. The van der Waals surface area contributed by atoms with Gasteiger partial charge in [0.05, 0.1) is 0 Å². The van der Waals surface area contributed by atoms with Crippen molar-refractivity contribution in [2.24, 2.45) is 5.18 Å². The third-order valence-electron chi connectivity index (χ3n) is 2.18. The van der Waals surface area contributed by atoms with Crippen LogP contribution in [0.25, 0.3) is 0 Å². The molecular weight excluding hydrogens is 268 g/mol. The van der Waals surface area contributed by atoms with Crippen molar-refractivity contribution >= 4 is 17.7 Å². The van der Waals surface area contributed by atoms with Gasteiger partial charge in [0.25, 0.3) is 0 Å². The van der Waals surface area contributed by atoms with E-state index in [9.17, 15) is 9.70 Å². The standard InChI is InChI=1S/C13H17ClN2O3/c1-13(2,3)19-12(17)15-8-10-6-9(7-16-18)4-5-11(10)14/h4-6H,7-8H2,1-3H3,(H,15,17). The van der Waals surface area contributed by atoms with Gasteiger partial charge < -0.3 is 10.1 Å². The van der Waals surface area contributed by atoms with Crippen LogP contribution in [-0.4, -0.2) is 11.7 Å². The number of benzene rings is 1. The lowest BCUT2D eigenvalue weighted by Gasteiger charge is -2.19. The van der Waals surface area contributed by atoms with Crippen molar-refractivity contribution < 1.29 is 9.53 Å². The van der Waals surface area contributed by atoms with Crippen molar-refractivity contribution in [3.05, 3.63) is 39.3 Å². The first-order valence-corrected chi connectivity index (χ1v) is 6.23. The minimum absolute atomic E-state index is 0.0800. The van der Waals surface area contributed by atoms with Crippen LogP contribution in [0.2, 0.25) is 5.02 Å². The van der Waals surface area contributed by atoms with Crippen LogP contribution < -0.4 is 5.32 Å². The first-order chi connectivity index (χ1) is 8.81. The Morgan fingerprint density at radius 2 is 2.11 bits per heavy atom. The Kier molecular flexibility index (Phi) is 5.30. The monoisotopic (exact) mass is 284 g/mol. The van der Waals surface area contributed by atoms with E-state index >= 15 is 0 Å². The maximum absolute atomic E-state index is 11.5. The number of halogens is 1. The van der Waals surface area contributed by atoms with Gasteiger partial charge in [0.1, 0.15) is 12.1 Å². The van der Waals surface area contributed by atoms with Crippen LogP contribution in [-0.2, 0) is 17.8 Å². The van der Waals surface area contributed by atoms with Crippen LogP contribution in [0.4, 0.5) is 4.79 Å². The molecule has 1 N–H and O–H groups in total. The van der Waals surface area contributed by atoms with Crippen LogP contribution in [0, 0.1) is 4.91 Å². The Bertz CT molecular complexity index is 469. The molecule has 0 bridgehead atoms. The predicted octanol–water partition coefficient (Wildman–Crippen LogP) is 3.63. The molecule has 1 amide bonds. The molecule has 0 aliphatic carbocycles. The van der Waals surface area contributed by atoms with Crippen molar-refractivity contribution in [1.29, 1.82) is 0 Å². The molecule has 0 heterocycles. The van der Waals surface area contributed by atoms with Crippen LogP contribution in [0.3, 0.4) is 0 Å².